The van der Waals surface area contributed by atoms with Gasteiger partial charge in [0.05, 0.1) is 0 Å². The molecule has 1 saturated heterocycles. The van der Waals surface area contributed by atoms with Gasteiger partial charge in [-0.3, -0.25) is 0 Å². The molecule has 0 aliphatic carbocycles. The fourth-order valence-corrected chi connectivity index (χ4v) is 3.06. The maximum absolute atomic E-state index is 5.59. The molecule has 1 aliphatic heterocycles. The van der Waals surface area contributed by atoms with E-state index < -0.39 is 0 Å². The normalized spacial score (nSPS) is 15.2. The summed E-state index contributed by atoms with van der Waals surface area (Å²) < 4.78 is 0. The van der Waals surface area contributed by atoms with Gasteiger partial charge in [0, 0.05) is 24.3 Å². The number of nitrogens with one attached hydrogen (secondary N) is 1. The zero-order valence-corrected chi connectivity index (χ0v) is 14.9. The molecule has 24 heavy (non-hydrogen) atoms. The van der Waals surface area contributed by atoms with Crippen LogP contribution in [0.3, 0.4) is 0 Å². The average molecular weight is 337 g/mol. The molecule has 0 atom stereocenters. The quantitative estimate of drug-likeness (QED) is 0.492. The second kappa shape index (κ2) is 8.06. The molecule has 4 heteroatoms. The van der Waals surface area contributed by atoms with Gasteiger partial charge in [0.25, 0.3) is 0 Å². The third-order valence-corrected chi connectivity index (χ3v) is 4.55. The van der Waals surface area contributed by atoms with Crippen LogP contribution >= 0.6 is 12.2 Å². The van der Waals surface area contributed by atoms with Crippen molar-refractivity contribution in [2.45, 2.75) is 26.2 Å². The largest absolute Gasteiger partial charge is 0.347 e. The van der Waals surface area contributed by atoms with Gasteiger partial charge < -0.3 is 10.2 Å². The lowest BCUT2D eigenvalue weighted by molar-refractivity contribution is 0.344. The van der Waals surface area contributed by atoms with Crippen LogP contribution in [0.2, 0.25) is 0 Å². The number of anilines is 1. The van der Waals surface area contributed by atoms with Crippen molar-refractivity contribution in [3.8, 4) is 0 Å². The predicted molar refractivity (Wildman–Crippen MR) is 106 cm³/mol. The highest BCUT2D eigenvalue weighted by atomic mass is 32.1. The molecule has 1 heterocycles. The number of likely N-dealkylation sites (tertiary alicyclic amines) is 1. The van der Waals surface area contributed by atoms with Crippen molar-refractivity contribution in [1.29, 1.82) is 0 Å². The molecular formula is C20H23N3S. The summed E-state index contributed by atoms with van der Waals surface area (Å²) in [5.41, 5.74) is 3.30. The Bertz CT molecular complexity index is 701. The highest BCUT2D eigenvalue weighted by Crippen LogP contribution is 2.14. The molecule has 0 radical (unpaired) electrons. The Morgan fingerprint density at radius 1 is 0.958 bits per heavy atom. The number of amidine groups is 1. The monoisotopic (exact) mass is 337 g/mol. The number of hydrogen-bond acceptors (Lipinski definition) is 1. The van der Waals surface area contributed by atoms with E-state index >= 15 is 0 Å². The van der Waals surface area contributed by atoms with E-state index in [9.17, 15) is 0 Å². The predicted octanol–water partition coefficient (Wildman–Crippen LogP) is 4.62. The van der Waals surface area contributed by atoms with E-state index in [-0.39, 0.29) is 0 Å². The van der Waals surface area contributed by atoms with Crippen LogP contribution in [0.15, 0.2) is 59.6 Å². The van der Waals surface area contributed by atoms with E-state index in [4.69, 9.17) is 17.2 Å². The molecular weight excluding hydrogens is 314 g/mol. The summed E-state index contributed by atoms with van der Waals surface area (Å²) in [5, 5.41) is 4.10. The molecule has 3 rings (SSSR count). The molecule has 2 aromatic rings. The van der Waals surface area contributed by atoms with Gasteiger partial charge in [0.2, 0.25) is 0 Å². The van der Waals surface area contributed by atoms with Crippen molar-refractivity contribution in [3.05, 3.63) is 65.7 Å². The lowest BCUT2D eigenvalue weighted by atomic mass is 10.1. The number of piperidine rings is 1. The van der Waals surface area contributed by atoms with Gasteiger partial charge in [-0.05, 0) is 50.5 Å². The molecule has 0 amide bonds. The average Bonchev–Trinajstić information content (AvgIpc) is 2.64. The van der Waals surface area contributed by atoms with E-state index in [1.54, 1.807) is 0 Å². The minimum absolute atomic E-state index is 0.674. The highest BCUT2D eigenvalue weighted by Gasteiger charge is 2.14. The highest BCUT2D eigenvalue weighted by molar-refractivity contribution is 7.80. The number of aliphatic imine (C=N–C) groups is 1. The first kappa shape index (κ1) is 16.7. The van der Waals surface area contributed by atoms with Gasteiger partial charge in [0.1, 0.15) is 5.84 Å². The minimum atomic E-state index is 0.674. The van der Waals surface area contributed by atoms with E-state index in [0.717, 1.165) is 30.2 Å². The Morgan fingerprint density at radius 2 is 1.62 bits per heavy atom. The van der Waals surface area contributed by atoms with E-state index in [1.165, 1.54) is 24.8 Å². The van der Waals surface area contributed by atoms with Crippen LogP contribution in [-0.2, 0) is 0 Å². The smallest absolute Gasteiger partial charge is 0.197 e. The summed E-state index contributed by atoms with van der Waals surface area (Å²) in [6, 6.07) is 18.5. The lowest BCUT2D eigenvalue weighted by Crippen LogP contribution is -2.34. The van der Waals surface area contributed by atoms with Crippen molar-refractivity contribution >= 4 is 28.9 Å². The van der Waals surface area contributed by atoms with Gasteiger partial charge in [-0.1, -0.05) is 48.0 Å². The van der Waals surface area contributed by atoms with Crippen LogP contribution in [-0.4, -0.2) is 28.9 Å². The van der Waals surface area contributed by atoms with Crippen LogP contribution in [0.1, 0.15) is 30.4 Å². The lowest BCUT2D eigenvalue weighted by Gasteiger charge is -2.27. The van der Waals surface area contributed by atoms with Crippen LogP contribution in [0, 0.1) is 6.92 Å². The summed E-state index contributed by atoms with van der Waals surface area (Å²) in [4.78, 5) is 6.96. The first-order valence-electron chi connectivity index (χ1n) is 8.49. The molecule has 0 unspecified atom stereocenters. The topological polar surface area (TPSA) is 27.6 Å². The van der Waals surface area contributed by atoms with Gasteiger partial charge >= 0.3 is 0 Å². The maximum atomic E-state index is 5.59. The van der Waals surface area contributed by atoms with Crippen LogP contribution < -0.4 is 5.32 Å². The maximum Gasteiger partial charge on any atom is 0.197 e. The molecule has 1 aliphatic rings. The Balaban J connectivity index is 1.85. The van der Waals surface area contributed by atoms with Crippen molar-refractivity contribution in [3.63, 3.8) is 0 Å². The standard InChI is InChI=1S/C20H23N3S/c1-16-10-12-18(13-11-16)21-19(17-8-4-2-5-9-17)22-20(24)23-14-6-3-7-15-23/h2,4-5,8-13H,3,6-7,14-15H2,1H3,(H,21,22,24). The van der Waals surface area contributed by atoms with Crippen molar-refractivity contribution in [2.24, 2.45) is 4.99 Å². The van der Waals surface area contributed by atoms with E-state index in [1.807, 2.05) is 18.2 Å². The van der Waals surface area contributed by atoms with Gasteiger partial charge in [-0.2, -0.15) is 0 Å². The Kier molecular flexibility index (Phi) is 5.59. The number of benzene rings is 2. The molecule has 0 bridgehead atoms. The van der Waals surface area contributed by atoms with Gasteiger partial charge in [0.15, 0.2) is 5.11 Å². The molecule has 2 aromatic carbocycles. The summed E-state index contributed by atoms with van der Waals surface area (Å²) in [6.45, 7) is 4.10. The molecule has 0 spiro atoms. The molecule has 0 aromatic heterocycles. The fourth-order valence-electron chi connectivity index (χ4n) is 2.79. The van der Waals surface area contributed by atoms with Crippen LogP contribution in [0.4, 0.5) is 5.69 Å². The second-order valence-corrected chi connectivity index (χ2v) is 6.51. The molecule has 1 N–H and O–H groups in total. The SMILES string of the molecule is Cc1ccc(N/C(=N\C(=S)N2CCCCC2)c2ccccc2)cc1. The molecule has 1 fully saturated rings. The zero-order chi connectivity index (χ0) is 16.8. The number of thiocarbonyl (C=S) groups is 1. The number of rotatable bonds is 2. The van der Waals surface area contributed by atoms with Gasteiger partial charge in [-0.25, -0.2) is 4.99 Å². The van der Waals surface area contributed by atoms with E-state index in [2.05, 4.69) is 53.5 Å². The summed E-state index contributed by atoms with van der Waals surface area (Å²) in [7, 11) is 0. The molecule has 124 valence electrons. The van der Waals surface area contributed by atoms with E-state index in [0.29, 0.717) is 5.11 Å². The number of aryl methyl sites for hydroxylation is 1. The van der Waals surface area contributed by atoms with Crippen molar-refractivity contribution in [2.75, 3.05) is 18.4 Å². The van der Waals surface area contributed by atoms with Crippen LogP contribution in [0.25, 0.3) is 0 Å². The van der Waals surface area contributed by atoms with Gasteiger partial charge in [-0.15, -0.1) is 0 Å². The summed E-state index contributed by atoms with van der Waals surface area (Å²) >= 11 is 5.59. The third kappa shape index (κ3) is 4.42. The molecule has 3 nitrogen and oxygen atoms in total. The Hall–Kier alpha value is -2.20. The summed E-state index contributed by atoms with van der Waals surface area (Å²) in [5.74, 6) is 0.801. The Morgan fingerprint density at radius 3 is 2.29 bits per heavy atom. The minimum Gasteiger partial charge on any atom is -0.347 e. The van der Waals surface area contributed by atoms with Crippen molar-refractivity contribution in [1.82, 2.24) is 4.90 Å². The number of nitrogens with zero attached hydrogens (tertiary/aromatic N) is 2. The zero-order valence-electron chi connectivity index (χ0n) is 14.0. The number of hydrogen-bond donors (Lipinski definition) is 1. The van der Waals surface area contributed by atoms with Crippen molar-refractivity contribution < 1.29 is 0 Å². The van der Waals surface area contributed by atoms with Crippen LogP contribution in [0.5, 0.6) is 0 Å². The second-order valence-electron chi connectivity index (χ2n) is 6.15. The first-order chi connectivity index (χ1) is 11.7. The molecule has 0 saturated carbocycles. The summed E-state index contributed by atoms with van der Waals surface area (Å²) in [6.07, 6.45) is 3.68. The first-order valence-corrected chi connectivity index (χ1v) is 8.90. The third-order valence-electron chi connectivity index (χ3n) is 4.20. The fraction of sp³-hybridized carbons (Fsp3) is 0.300. The Labute approximate surface area is 149 Å².